The van der Waals surface area contributed by atoms with Crippen molar-refractivity contribution in [1.29, 1.82) is 0 Å². The molecule has 0 fully saturated rings. The summed E-state index contributed by atoms with van der Waals surface area (Å²) in [7, 11) is 0. The van der Waals surface area contributed by atoms with Crippen LogP contribution in [-0.2, 0) is 26.2 Å². The monoisotopic (exact) mass is 363 g/mol. The van der Waals surface area contributed by atoms with Crippen LogP contribution in [0.2, 0.25) is 0 Å². The minimum absolute atomic E-state index is 0. The summed E-state index contributed by atoms with van der Waals surface area (Å²) in [5.41, 5.74) is 1.80. The Morgan fingerprint density at radius 2 is 1.35 bits per heavy atom. The maximum atomic E-state index is 7.57. The molecule has 1 aliphatic rings. The predicted octanol–water partition coefficient (Wildman–Crippen LogP) is 3.11. The van der Waals surface area contributed by atoms with Crippen molar-refractivity contribution in [3.63, 3.8) is 0 Å². The first kappa shape index (κ1) is 28.4. The van der Waals surface area contributed by atoms with Crippen LogP contribution in [0.15, 0.2) is 17.7 Å². The number of allylic oxidation sites excluding steroid dienone is 4. The molecule has 0 unspecified atom stereocenters. The number of hydrogen-bond donors (Lipinski definition) is 3. The van der Waals surface area contributed by atoms with Crippen molar-refractivity contribution in [2.75, 3.05) is 19.8 Å². The predicted molar refractivity (Wildman–Crippen MR) is 82.9 cm³/mol. The zero-order chi connectivity index (χ0) is 15.7. The van der Waals surface area contributed by atoms with E-state index in [2.05, 4.69) is 39.0 Å². The van der Waals surface area contributed by atoms with Crippen molar-refractivity contribution in [3.8, 4) is 0 Å². The average Bonchev–Trinajstić information content (AvgIpc) is 2.71. The van der Waals surface area contributed by atoms with E-state index in [-0.39, 0.29) is 46.0 Å². The van der Waals surface area contributed by atoms with Gasteiger partial charge in [-0.1, -0.05) is 27.2 Å². The number of rotatable bonds is 1. The minimum atomic E-state index is 0. The number of aliphatic hydroxyl groups is 3. The summed E-state index contributed by atoms with van der Waals surface area (Å²) in [4.78, 5) is 0. The Labute approximate surface area is 144 Å². The summed E-state index contributed by atoms with van der Waals surface area (Å²) < 4.78 is 0. The van der Waals surface area contributed by atoms with E-state index in [1.807, 2.05) is 0 Å². The van der Waals surface area contributed by atoms with Crippen LogP contribution in [0.25, 0.3) is 0 Å². The summed E-state index contributed by atoms with van der Waals surface area (Å²) in [6.45, 7) is 12.6. The smallest absolute Gasteiger partial charge is 0.0402 e. The average molecular weight is 365 g/mol. The molecule has 0 aromatic rings. The van der Waals surface area contributed by atoms with Crippen LogP contribution in [-0.4, -0.2) is 35.1 Å². The fraction of sp³-hybridized carbons (Fsp3) is 0.750. The van der Waals surface area contributed by atoms with Crippen LogP contribution in [0.5, 0.6) is 0 Å². The van der Waals surface area contributed by atoms with Gasteiger partial charge in [-0.3, -0.25) is 6.08 Å². The second-order valence-corrected chi connectivity index (χ2v) is 4.99. The molecule has 0 spiro atoms. The first-order chi connectivity index (χ1) is 8.82. The van der Waals surface area contributed by atoms with Crippen molar-refractivity contribution in [2.45, 2.75) is 54.4 Å². The molecule has 0 aromatic heterocycles. The number of aliphatic hydroxyl groups excluding tert-OH is 3. The molecule has 3 nitrogen and oxygen atoms in total. The van der Waals surface area contributed by atoms with Gasteiger partial charge in [-0.25, -0.2) is 11.6 Å². The second-order valence-electron chi connectivity index (χ2n) is 4.99. The Kier molecular flexibility index (Phi) is 30.6. The molecule has 0 atom stereocenters. The van der Waals surface area contributed by atoms with E-state index in [1.165, 1.54) is 5.57 Å². The van der Waals surface area contributed by atoms with E-state index in [4.69, 9.17) is 15.3 Å². The molecule has 20 heavy (non-hydrogen) atoms. The van der Waals surface area contributed by atoms with Gasteiger partial charge in [0.2, 0.25) is 0 Å². The molecule has 120 valence electrons. The third-order valence-electron chi connectivity index (χ3n) is 1.49. The van der Waals surface area contributed by atoms with Gasteiger partial charge in [0, 0.05) is 46.0 Å². The maximum Gasteiger partial charge on any atom is 0.0402 e. The Morgan fingerprint density at radius 3 is 1.55 bits per heavy atom. The molecule has 0 radical (unpaired) electrons. The molecule has 1 rings (SSSR count). The fourth-order valence-electron chi connectivity index (χ4n) is 1.14. The topological polar surface area (TPSA) is 60.7 Å². The molecule has 0 saturated heterocycles. The molecule has 0 bridgehead atoms. The van der Waals surface area contributed by atoms with Crippen LogP contribution in [0, 0.1) is 11.5 Å². The van der Waals surface area contributed by atoms with Gasteiger partial charge in [-0.15, -0.1) is 6.42 Å². The van der Waals surface area contributed by atoms with Crippen molar-refractivity contribution >= 4 is 0 Å². The third-order valence-corrected chi connectivity index (χ3v) is 1.49. The molecule has 0 heterocycles. The Hall–Kier alpha value is 0.243. The molecule has 0 saturated carbocycles. The van der Waals surface area contributed by atoms with Gasteiger partial charge < -0.3 is 15.3 Å². The fourth-order valence-corrected chi connectivity index (χ4v) is 1.14. The van der Waals surface area contributed by atoms with Gasteiger partial charge in [-0.05, 0) is 26.2 Å². The van der Waals surface area contributed by atoms with Crippen molar-refractivity contribution in [1.82, 2.24) is 0 Å². The normalized spacial score (nSPS) is 11.6. The summed E-state index contributed by atoms with van der Waals surface area (Å²) in [6, 6.07) is 0. The number of hydrogen-bond acceptors (Lipinski definition) is 3. The molecule has 3 N–H and O–H groups in total. The van der Waals surface area contributed by atoms with Crippen LogP contribution in [0.1, 0.15) is 54.4 Å². The first-order valence-corrected chi connectivity index (χ1v) is 6.91. The van der Waals surface area contributed by atoms with Gasteiger partial charge in [0.25, 0.3) is 0 Å². The van der Waals surface area contributed by atoms with E-state index in [9.17, 15) is 0 Å². The molecule has 4 heteroatoms. The van der Waals surface area contributed by atoms with Crippen LogP contribution in [0.3, 0.4) is 0 Å². The Balaban J connectivity index is -0.000000108. The first-order valence-electron chi connectivity index (χ1n) is 6.91. The van der Waals surface area contributed by atoms with E-state index in [1.54, 1.807) is 20.8 Å². The van der Waals surface area contributed by atoms with Crippen LogP contribution in [0.4, 0.5) is 0 Å². The second kappa shape index (κ2) is 21.5. The van der Waals surface area contributed by atoms with Gasteiger partial charge in [0.15, 0.2) is 0 Å². The standard InChI is InChI=1S/C10H15.3C2H6O.Zr/c1-10(2,3)8-9-6-4-5-7-9;3*1-2-3;/h4,6H,5,8H2,1-3H3;3*3H,2H2,1H3;/q-1;;;;. The molecule has 0 aromatic carbocycles. The van der Waals surface area contributed by atoms with E-state index in [0.717, 1.165) is 12.8 Å². The molecular formula is C16H33O3Zr-. The van der Waals surface area contributed by atoms with Gasteiger partial charge in [-0.2, -0.15) is 6.08 Å². The summed E-state index contributed by atoms with van der Waals surface area (Å²) in [5.74, 6) is 0. The summed E-state index contributed by atoms with van der Waals surface area (Å²) >= 11 is 0. The summed E-state index contributed by atoms with van der Waals surface area (Å²) in [6.07, 6.45) is 9.85. The zero-order valence-corrected chi connectivity index (χ0v) is 16.5. The Morgan fingerprint density at radius 1 is 1.00 bits per heavy atom. The Bertz CT molecular complexity index is 213. The minimum Gasteiger partial charge on any atom is -0.397 e. The van der Waals surface area contributed by atoms with E-state index >= 15 is 0 Å². The van der Waals surface area contributed by atoms with Crippen molar-refractivity contribution in [2.24, 2.45) is 5.41 Å². The molecule has 0 amide bonds. The van der Waals surface area contributed by atoms with Gasteiger partial charge in [0.05, 0.1) is 0 Å². The quantitative estimate of drug-likeness (QED) is 0.627. The SMILES string of the molecule is CC(C)(C)CC1=[C-]CC=C1.CCO.CCO.CCO.[Zr]. The molecular weight excluding hydrogens is 331 g/mol. The van der Waals surface area contributed by atoms with Gasteiger partial charge >= 0.3 is 0 Å². The molecule has 0 aliphatic heterocycles. The van der Waals surface area contributed by atoms with Crippen LogP contribution < -0.4 is 0 Å². The van der Waals surface area contributed by atoms with E-state index in [0.29, 0.717) is 5.41 Å². The van der Waals surface area contributed by atoms with Crippen molar-refractivity contribution < 1.29 is 41.5 Å². The molecule has 1 aliphatic carbocycles. The zero-order valence-electron chi connectivity index (χ0n) is 14.0. The third kappa shape index (κ3) is 36.2. The van der Waals surface area contributed by atoms with Gasteiger partial charge in [0.1, 0.15) is 0 Å². The van der Waals surface area contributed by atoms with E-state index < -0.39 is 0 Å². The summed E-state index contributed by atoms with van der Waals surface area (Å²) in [5, 5.41) is 22.7. The largest absolute Gasteiger partial charge is 0.397 e. The maximum absolute atomic E-state index is 7.57. The van der Waals surface area contributed by atoms with Crippen LogP contribution >= 0.6 is 0 Å². The van der Waals surface area contributed by atoms with Crippen molar-refractivity contribution in [3.05, 3.63) is 23.8 Å².